The van der Waals surface area contributed by atoms with Gasteiger partial charge in [0.25, 0.3) is 5.62 Å². The van der Waals surface area contributed by atoms with E-state index in [4.69, 9.17) is 23.2 Å². The van der Waals surface area contributed by atoms with Crippen LogP contribution in [0.25, 0.3) is 0 Å². The SMILES string of the molecule is CC(Cl)=NO[P+](=O)CCl. The molecule has 3 nitrogen and oxygen atoms in total. The monoisotopic (exact) mass is 188 g/mol. The highest BCUT2D eigenvalue weighted by molar-refractivity contribution is 7.41. The van der Waals surface area contributed by atoms with Crippen LogP contribution < -0.4 is 0 Å². The minimum absolute atomic E-state index is 0.0665. The molecule has 0 saturated carbocycles. The van der Waals surface area contributed by atoms with Gasteiger partial charge in [0.2, 0.25) is 0 Å². The number of alkyl halides is 1. The summed E-state index contributed by atoms with van der Waals surface area (Å²) in [7, 11) is -1.87. The van der Waals surface area contributed by atoms with Gasteiger partial charge in [-0.15, -0.1) is 4.62 Å². The van der Waals surface area contributed by atoms with E-state index in [2.05, 4.69) is 9.78 Å². The fourth-order valence-electron chi connectivity index (χ4n) is 0.124. The third-order valence-corrected chi connectivity index (χ3v) is 1.47. The largest absolute Gasteiger partial charge is 0.598 e. The van der Waals surface area contributed by atoms with Crippen molar-refractivity contribution in [2.75, 3.05) is 5.62 Å². The number of hydrogen-bond acceptors (Lipinski definition) is 3. The highest BCUT2D eigenvalue weighted by Gasteiger charge is 2.14. The van der Waals surface area contributed by atoms with Gasteiger partial charge >= 0.3 is 8.03 Å². The van der Waals surface area contributed by atoms with Crippen LogP contribution in [0.3, 0.4) is 0 Å². The summed E-state index contributed by atoms with van der Waals surface area (Å²) in [5.41, 5.74) is -0.0665. The van der Waals surface area contributed by atoms with Crippen molar-refractivity contribution in [3.05, 3.63) is 0 Å². The molecule has 0 aromatic carbocycles. The van der Waals surface area contributed by atoms with Crippen molar-refractivity contribution in [1.29, 1.82) is 0 Å². The van der Waals surface area contributed by atoms with Crippen molar-refractivity contribution >= 4 is 36.4 Å². The van der Waals surface area contributed by atoms with Gasteiger partial charge in [0, 0.05) is 0 Å². The Morgan fingerprint density at radius 3 is 2.78 bits per heavy atom. The van der Waals surface area contributed by atoms with Crippen LogP contribution in [0.2, 0.25) is 0 Å². The molecule has 0 fully saturated rings. The van der Waals surface area contributed by atoms with Gasteiger partial charge in [0.1, 0.15) is 5.17 Å². The third kappa shape index (κ3) is 6.03. The van der Waals surface area contributed by atoms with E-state index >= 15 is 0 Å². The zero-order chi connectivity index (χ0) is 7.28. The maximum absolute atomic E-state index is 10.3. The lowest BCUT2D eigenvalue weighted by Crippen LogP contribution is -1.75. The molecule has 0 aromatic rings. The molecule has 9 heavy (non-hydrogen) atoms. The van der Waals surface area contributed by atoms with E-state index in [1.165, 1.54) is 6.92 Å². The number of hydrogen-bond donors (Lipinski definition) is 0. The smallest absolute Gasteiger partial charge is 0.134 e. The van der Waals surface area contributed by atoms with E-state index in [1.54, 1.807) is 0 Å². The van der Waals surface area contributed by atoms with Crippen molar-refractivity contribution in [3.8, 4) is 0 Å². The summed E-state index contributed by atoms with van der Waals surface area (Å²) >= 11 is 10.3. The molecule has 0 aromatic heterocycles. The summed E-state index contributed by atoms with van der Waals surface area (Å²) in [6, 6.07) is 0. The highest BCUT2D eigenvalue weighted by Crippen LogP contribution is 2.23. The molecule has 0 heterocycles. The van der Waals surface area contributed by atoms with Crippen LogP contribution in [0.5, 0.6) is 0 Å². The molecule has 52 valence electrons. The summed E-state index contributed by atoms with van der Waals surface area (Å²) in [6.07, 6.45) is 0. The van der Waals surface area contributed by atoms with Crippen LogP contribution >= 0.6 is 31.2 Å². The lowest BCUT2D eigenvalue weighted by Gasteiger charge is -1.77. The Hall–Kier alpha value is 0.150. The molecule has 0 radical (unpaired) electrons. The van der Waals surface area contributed by atoms with Crippen LogP contribution in [-0.2, 0) is 9.19 Å². The Morgan fingerprint density at radius 1 is 1.89 bits per heavy atom. The second kappa shape index (κ2) is 4.98. The second-order valence-electron chi connectivity index (χ2n) is 1.12. The zero-order valence-corrected chi connectivity index (χ0v) is 7.08. The molecule has 0 saturated heterocycles. The Labute approximate surface area is 63.8 Å². The van der Waals surface area contributed by atoms with Crippen LogP contribution in [0.15, 0.2) is 5.16 Å². The predicted octanol–water partition coefficient (Wildman–Crippen LogP) is 2.51. The number of nitrogens with zero attached hydrogens (tertiary/aromatic N) is 1. The molecule has 0 bridgehead atoms. The molecule has 0 spiro atoms. The Kier molecular flexibility index (Phi) is 5.06. The van der Waals surface area contributed by atoms with Gasteiger partial charge in [-0.25, -0.2) is 0 Å². The quantitative estimate of drug-likeness (QED) is 0.296. The van der Waals surface area contributed by atoms with Gasteiger partial charge < -0.3 is 0 Å². The van der Waals surface area contributed by atoms with Crippen molar-refractivity contribution in [3.63, 3.8) is 0 Å². The van der Waals surface area contributed by atoms with E-state index in [0.717, 1.165) is 0 Å². The van der Waals surface area contributed by atoms with E-state index in [9.17, 15) is 4.57 Å². The van der Waals surface area contributed by atoms with Crippen LogP contribution in [0, 0.1) is 0 Å². The summed E-state index contributed by atoms with van der Waals surface area (Å²) in [5.74, 6) is 0. The Morgan fingerprint density at radius 2 is 2.44 bits per heavy atom. The molecule has 0 aliphatic carbocycles. The lowest BCUT2D eigenvalue weighted by atomic mass is 10.9. The predicted molar refractivity (Wildman–Crippen MR) is 38.4 cm³/mol. The fourth-order valence-corrected chi connectivity index (χ4v) is 0.594. The molecule has 0 N–H and O–H groups in total. The summed E-state index contributed by atoms with van der Waals surface area (Å²) < 4.78 is 14.6. The van der Waals surface area contributed by atoms with Crippen molar-refractivity contribution in [2.45, 2.75) is 6.92 Å². The van der Waals surface area contributed by atoms with Gasteiger partial charge in [0.05, 0.1) is 0 Å². The molecule has 0 aliphatic heterocycles. The molecule has 0 aliphatic rings. The fraction of sp³-hybridized carbons (Fsp3) is 0.667. The zero-order valence-electron chi connectivity index (χ0n) is 4.67. The highest BCUT2D eigenvalue weighted by atomic mass is 35.5. The van der Waals surface area contributed by atoms with Crippen molar-refractivity contribution in [2.24, 2.45) is 5.16 Å². The van der Waals surface area contributed by atoms with E-state index in [-0.39, 0.29) is 10.8 Å². The maximum atomic E-state index is 10.3. The van der Waals surface area contributed by atoms with Crippen LogP contribution in [0.1, 0.15) is 6.92 Å². The minimum Gasteiger partial charge on any atom is -0.134 e. The molecule has 1 unspecified atom stereocenters. The average molecular weight is 189 g/mol. The lowest BCUT2D eigenvalue weighted by molar-refractivity contribution is 0.355. The Bertz CT molecular complexity index is 134. The number of oxime groups is 1. The van der Waals surface area contributed by atoms with E-state index in [1.807, 2.05) is 0 Å². The third-order valence-electron chi connectivity index (χ3n) is 0.355. The van der Waals surface area contributed by atoms with Crippen molar-refractivity contribution in [1.82, 2.24) is 0 Å². The standard InChI is InChI=1S/C3H5Cl2NO2P/c1-3(5)6-8-9(7)2-4/h2H2,1H3/q+1. The molecule has 6 heteroatoms. The maximum Gasteiger partial charge on any atom is 0.598 e. The summed E-state index contributed by atoms with van der Waals surface area (Å²) in [4.78, 5) is 0. The number of halogens is 2. The average Bonchev–Trinajstić information content (AvgIpc) is 1.83. The molecular formula is C3H5Cl2NO2P+. The van der Waals surface area contributed by atoms with Gasteiger partial charge in [-0.2, -0.15) is 0 Å². The van der Waals surface area contributed by atoms with Gasteiger partial charge in [-0.1, -0.05) is 23.2 Å². The molecule has 1 atom stereocenters. The van der Waals surface area contributed by atoms with Crippen molar-refractivity contribution < 1.29 is 9.19 Å². The van der Waals surface area contributed by atoms with Crippen LogP contribution in [0.4, 0.5) is 0 Å². The summed E-state index contributed by atoms with van der Waals surface area (Å²) in [6.45, 7) is 1.51. The van der Waals surface area contributed by atoms with Gasteiger partial charge in [0.15, 0.2) is 0 Å². The minimum atomic E-state index is -1.87. The van der Waals surface area contributed by atoms with Gasteiger partial charge in [-0.05, 0) is 16.6 Å². The first-order chi connectivity index (χ1) is 4.16. The first-order valence-corrected chi connectivity index (χ1v) is 4.32. The first kappa shape index (κ1) is 9.15. The number of rotatable bonds is 3. The Balaban J connectivity index is 3.50. The molecular weight excluding hydrogens is 184 g/mol. The molecule has 0 amide bonds. The second-order valence-corrected chi connectivity index (χ2v) is 3.45. The first-order valence-electron chi connectivity index (χ1n) is 2.04. The van der Waals surface area contributed by atoms with Gasteiger partial charge in [-0.3, -0.25) is 0 Å². The molecule has 0 rings (SSSR count). The van der Waals surface area contributed by atoms with E-state index in [0.29, 0.717) is 0 Å². The topological polar surface area (TPSA) is 38.7 Å². The normalized spacial score (nSPS) is 13.2. The van der Waals surface area contributed by atoms with Crippen LogP contribution in [-0.4, -0.2) is 10.8 Å². The van der Waals surface area contributed by atoms with E-state index < -0.39 is 8.03 Å². The summed E-state index contributed by atoms with van der Waals surface area (Å²) in [5, 5.41) is 3.41.